The molecular weight excluding hydrogens is 440 g/mol. The normalized spacial score (nSPS) is 12.5. The number of carbonyl (C=O) groups is 1. The van der Waals surface area contributed by atoms with Crippen LogP contribution in [-0.2, 0) is 17.1 Å². The number of aromatic nitrogens is 3. The van der Waals surface area contributed by atoms with Crippen molar-refractivity contribution >= 4 is 17.7 Å². The maximum atomic E-state index is 13.1. The van der Waals surface area contributed by atoms with E-state index in [1.807, 2.05) is 6.07 Å². The molecule has 0 fully saturated rings. The van der Waals surface area contributed by atoms with Crippen LogP contribution in [0.1, 0.15) is 22.3 Å². The Kier molecular flexibility index (Phi) is 5.76. The minimum absolute atomic E-state index is 0.00348. The average molecular weight is 451 g/mol. The molecule has 0 saturated heterocycles. The Balaban J connectivity index is 2.05. The quantitative estimate of drug-likeness (QED) is 0.472. The van der Waals surface area contributed by atoms with Gasteiger partial charge in [-0.25, -0.2) is 9.67 Å². The van der Waals surface area contributed by atoms with Gasteiger partial charge >= 0.3 is 12.4 Å². The van der Waals surface area contributed by atoms with Crippen LogP contribution in [-0.4, -0.2) is 20.7 Å². The van der Waals surface area contributed by atoms with Crippen molar-refractivity contribution in [3.8, 4) is 17.5 Å². The minimum Gasteiger partial charge on any atom is -0.366 e. The molecule has 32 heavy (non-hydrogen) atoms. The van der Waals surface area contributed by atoms with Crippen molar-refractivity contribution < 1.29 is 31.1 Å². The first-order valence-electron chi connectivity index (χ1n) is 8.61. The molecule has 6 nitrogen and oxygen atoms in total. The lowest BCUT2D eigenvalue weighted by molar-refractivity contribution is -0.143. The van der Waals surface area contributed by atoms with Crippen LogP contribution in [0.4, 0.5) is 26.3 Å². The van der Waals surface area contributed by atoms with Gasteiger partial charge in [-0.05, 0) is 35.9 Å². The van der Waals surface area contributed by atoms with E-state index in [1.165, 1.54) is 24.3 Å². The van der Waals surface area contributed by atoms with E-state index >= 15 is 0 Å². The molecule has 0 saturated carbocycles. The molecule has 164 valence electrons. The zero-order chi connectivity index (χ0) is 23.7. The van der Waals surface area contributed by atoms with Crippen LogP contribution in [0.15, 0.2) is 48.8 Å². The number of alkyl halides is 6. The summed E-state index contributed by atoms with van der Waals surface area (Å²) in [7, 11) is 0. The fourth-order valence-electron chi connectivity index (χ4n) is 2.69. The number of benzene rings is 2. The number of carbonyl (C=O) groups excluding carboxylic acids is 1. The maximum absolute atomic E-state index is 13.1. The van der Waals surface area contributed by atoms with Gasteiger partial charge in [-0.2, -0.15) is 31.6 Å². The van der Waals surface area contributed by atoms with Crippen molar-refractivity contribution in [2.45, 2.75) is 12.4 Å². The molecule has 12 heteroatoms. The summed E-state index contributed by atoms with van der Waals surface area (Å²) in [5, 5.41) is 12.7. The topological polar surface area (TPSA) is 97.6 Å². The first-order valence-corrected chi connectivity index (χ1v) is 8.61. The molecule has 3 aromatic rings. The Morgan fingerprint density at radius 3 is 2.03 bits per heavy atom. The van der Waals surface area contributed by atoms with Gasteiger partial charge in [0.05, 0.1) is 28.3 Å². The summed E-state index contributed by atoms with van der Waals surface area (Å²) in [6.07, 6.45) is -7.94. The molecule has 0 bridgehead atoms. The van der Waals surface area contributed by atoms with Crippen molar-refractivity contribution in [2.24, 2.45) is 5.73 Å². The van der Waals surface area contributed by atoms with Crippen molar-refractivity contribution in [2.75, 3.05) is 0 Å². The molecule has 0 aliphatic carbocycles. The average Bonchev–Trinajstić information content (AvgIpc) is 3.19. The number of primary amides is 1. The Bertz CT molecular complexity index is 1200. The Morgan fingerprint density at radius 2 is 1.56 bits per heavy atom. The molecule has 2 N–H and O–H groups in total. The van der Waals surface area contributed by atoms with Crippen molar-refractivity contribution in [1.82, 2.24) is 14.8 Å². The van der Waals surface area contributed by atoms with Crippen LogP contribution in [0.2, 0.25) is 0 Å². The van der Waals surface area contributed by atoms with Crippen molar-refractivity contribution in [3.63, 3.8) is 0 Å². The van der Waals surface area contributed by atoms with Gasteiger partial charge in [0.1, 0.15) is 6.33 Å². The summed E-state index contributed by atoms with van der Waals surface area (Å²) in [6, 6.07) is 8.63. The van der Waals surface area contributed by atoms with Gasteiger partial charge < -0.3 is 5.73 Å². The molecule has 0 aliphatic heterocycles. The van der Waals surface area contributed by atoms with Gasteiger partial charge in [-0.15, -0.1) is 5.10 Å². The number of amides is 1. The summed E-state index contributed by atoms with van der Waals surface area (Å²) >= 11 is 0. The van der Waals surface area contributed by atoms with Crippen molar-refractivity contribution in [1.29, 1.82) is 5.26 Å². The first-order chi connectivity index (χ1) is 14.9. The molecule has 1 aromatic heterocycles. The van der Waals surface area contributed by atoms with Crippen molar-refractivity contribution in [3.05, 3.63) is 71.0 Å². The SMILES string of the molecule is N#Cc1ccc(/C(=C\n2cnc(-c3cc(C(F)(F)F)cc(C(F)(F)F)c3)n2)C(N)=O)cc1. The number of hydrogen-bond acceptors (Lipinski definition) is 4. The van der Waals surface area contributed by atoms with E-state index in [1.54, 1.807) is 0 Å². The summed E-state index contributed by atoms with van der Waals surface area (Å²) in [4.78, 5) is 15.6. The van der Waals surface area contributed by atoms with Gasteiger partial charge in [0.2, 0.25) is 0 Å². The van der Waals surface area contributed by atoms with Gasteiger partial charge in [-0.3, -0.25) is 4.79 Å². The lowest BCUT2D eigenvalue weighted by atomic mass is 10.0. The van der Waals surface area contributed by atoms with E-state index in [2.05, 4.69) is 10.1 Å². The standard InChI is InChI=1S/C20H11F6N5O/c21-19(22,23)14-5-13(6-15(7-14)20(24,25)26)18-29-10-31(30-18)9-16(17(28)32)12-3-1-11(8-27)2-4-12/h1-7,9-10H,(H2,28,32)/b16-9+. The zero-order valence-corrected chi connectivity index (χ0v) is 15.7. The van der Waals surface area contributed by atoms with E-state index < -0.39 is 40.8 Å². The number of rotatable bonds is 4. The third-order valence-corrected chi connectivity index (χ3v) is 4.21. The third kappa shape index (κ3) is 4.94. The molecule has 0 spiro atoms. The lowest BCUT2D eigenvalue weighted by Crippen LogP contribution is -2.13. The predicted molar refractivity (Wildman–Crippen MR) is 100.0 cm³/mol. The molecule has 0 aliphatic rings. The smallest absolute Gasteiger partial charge is 0.366 e. The number of nitriles is 1. The molecule has 1 amide bonds. The molecule has 3 rings (SSSR count). The number of nitrogens with two attached hydrogens (primary N) is 1. The number of hydrogen-bond donors (Lipinski definition) is 1. The molecule has 0 atom stereocenters. The Morgan fingerprint density at radius 1 is 1.00 bits per heavy atom. The minimum atomic E-state index is -5.02. The fourth-order valence-corrected chi connectivity index (χ4v) is 2.69. The third-order valence-electron chi connectivity index (χ3n) is 4.21. The van der Waals surface area contributed by atoms with Crippen LogP contribution in [0.5, 0.6) is 0 Å². The van der Waals surface area contributed by atoms with E-state index in [4.69, 9.17) is 11.0 Å². The van der Waals surface area contributed by atoms with Gasteiger partial charge in [0.25, 0.3) is 5.91 Å². The molecule has 2 aromatic carbocycles. The van der Waals surface area contributed by atoms with Crippen LogP contribution >= 0.6 is 0 Å². The highest BCUT2D eigenvalue weighted by molar-refractivity contribution is 6.22. The largest absolute Gasteiger partial charge is 0.416 e. The van der Waals surface area contributed by atoms with Crippen LogP contribution in [0, 0.1) is 11.3 Å². The van der Waals surface area contributed by atoms with E-state index in [0.29, 0.717) is 23.3 Å². The maximum Gasteiger partial charge on any atom is 0.416 e. The van der Waals surface area contributed by atoms with Crippen LogP contribution in [0.25, 0.3) is 23.2 Å². The van der Waals surface area contributed by atoms with E-state index in [-0.39, 0.29) is 11.6 Å². The van der Waals surface area contributed by atoms with E-state index in [9.17, 15) is 31.1 Å². The van der Waals surface area contributed by atoms with Crippen LogP contribution < -0.4 is 5.73 Å². The highest BCUT2D eigenvalue weighted by atomic mass is 19.4. The van der Waals surface area contributed by atoms with E-state index in [0.717, 1.165) is 17.2 Å². The second kappa shape index (κ2) is 8.18. The second-order valence-electron chi connectivity index (χ2n) is 6.44. The predicted octanol–water partition coefficient (Wildman–Crippen LogP) is 4.34. The Hall–Kier alpha value is -4.14. The fraction of sp³-hybridized carbons (Fsp3) is 0.100. The summed E-state index contributed by atoms with van der Waals surface area (Å²) in [5.41, 5.74) is 2.38. The number of halogens is 6. The lowest BCUT2D eigenvalue weighted by Gasteiger charge is -2.13. The summed E-state index contributed by atoms with van der Waals surface area (Å²) in [6.45, 7) is 0. The molecule has 1 heterocycles. The highest BCUT2D eigenvalue weighted by Gasteiger charge is 2.37. The first kappa shape index (κ1) is 22.5. The molecule has 0 unspecified atom stereocenters. The van der Waals surface area contributed by atoms with Gasteiger partial charge in [-0.1, -0.05) is 12.1 Å². The van der Waals surface area contributed by atoms with Gasteiger partial charge in [0, 0.05) is 11.8 Å². The highest BCUT2D eigenvalue weighted by Crippen LogP contribution is 2.38. The number of nitrogens with zero attached hydrogens (tertiary/aromatic N) is 4. The zero-order valence-electron chi connectivity index (χ0n) is 15.7. The molecule has 0 radical (unpaired) electrons. The summed E-state index contributed by atoms with van der Waals surface area (Å²) < 4.78 is 79.3. The second-order valence-corrected chi connectivity index (χ2v) is 6.44. The monoisotopic (exact) mass is 451 g/mol. The Labute approximate surface area is 176 Å². The van der Waals surface area contributed by atoms with Crippen LogP contribution in [0.3, 0.4) is 0 Å². The van der Waals surface area contributed by atoms with Gasteiger partial charge in [0.15, 0.2) is 5.82 Å². The molecular formula is C20H11F6N5O. The summed E-state index contributed by atoms with van der Waals surface area (Å²) in [5.74, 6) is -1.31.